The van der Waals surface area contributed by atoms with E-state index in [-0.39, 0.29) is 0 Å². The van der Waals surface area contributed by atoms with Gasteiger partial charge in [-0.05, 0) is 30.7 Å². The Balaban J connectivity index is 0.000000357. The molecule has 2 rings (SSSR count). The molecule has 98 valence electrons. The van der Waals surface area contributed by atoms with Gasteiger partial charge in [0, 0.05) is 29.5 Å². The molecule has 0 aliphatic heterocycles. The highest BCUT2D eigenvalue weighted by Gasteiger charge is 2.04. The van der Waals surface area contributed by atoms with Gasteiger partial charge in [-0.2, -0.15) is 0 Å². The number of carbonyl (C=O) groups is 1. The van der Waals surface area contributed by atoms with E-state index in [1.54, 1.807) is 7.11 Å². The number of aromatic amines is 1. The molecule has 4 N–H and O–H groups in total. The Morgan fingerprint density at radius 1 is 1.50 bits per heavy atom. The van der Waals surface area contributed by atoms with Gasteiger partial charge in [0.05, 0.1) is 13.7 Å². The minimum atomic E-state index is -1.08. The van der Waals surface area contributed by atoms with E-state index in [1.165, 1.54) is 10.9 Å². The average molecular weight is 250 g/mol. The minimum absolute atomic E-state index is 0.905. The van der Waals surface area contributed by atoms with Gasteiger partial charge in [-0.1, -0.05) is 0 Å². The number of quaternary nitrogens is 1. The maximum Gasteiger partial charge on any atom is 0.119 e. The quantitative estimate of drug-likeness (QED) is 0.784. The highest BCUT2D eigenvalue weighted by atomic mass is 16.5. The van der Waals surface area contributed by atoms with Crippen LogP contribution in [0.1, 0.15) is 12.5 Å². The van der Waals surface area contributed by atoms with Crippen molar-refractivity contribution in [1.29, 1.82) is 0 Å². The van der Waals surface area contributed by atoms with E-state index in [9.17, 15) is 0 Å². The number of ether oxygens (including phenoxy) is 1. The zero-order chi connectivity index (χ0) is 13.5. The molecule has 0 bridgehead atoms. The van der Waals surface area contributed by atoms with Gasteiger partial charge in [-0.25, -0.2) is 0 Å². The molecule has 0 saturated carbocycles. The molecule has 0 radical (unpaired) electrons. The van der Waals surface area contributed by atoms with Gasteiger partial charge in [-0.15, -0.1) is 0 Å². The van der Waals surface area contributed by atoms with Crippen molar-refractivity contribution in [2.45, 2.75) is 13.3 Å². The molecule has 1 aromatic heterocycles. The lowest BCUT2D eigenvalue weighted by Crippen LogP contribution is -2.51. The van der Waals surface area contributed by atoms with Crippen LogP contribution in [0.3, 0.4) is 0 Å². The van der Waals surface area contributed by atoms with Crippen LogP contribution in [0.25, 0.3) is 10.9 Å². The fraction of sp³-hybridized carbons (Fsp3) is 0.308. The summed E-state index contributed by atoms with van der Waals surface area (Å²) in [6, 6.07) is 6.07. The van der Waals surface area contributed by atoms with E-state index in [0.29, 0.717) is 0 Å². The third kappa shape index (κ3) is 3.78. The Morgan fingerprint density at radius 3 is 2.72 bits per heavy atom. The number of hydrogen-bond donors (Lipinski definition) is 2. The number of fused-ring (bicyclic) bond motifs is 1. The standard InChI is InChI=1S/C11H14N2O.C2H4O2/c1-14-9-2-3-11-10(6-9)8(4-5-12)7-13-11;1-2(3)4/h2-3,6-7,13H,4-5,12H2,1H3;1H3,(H,3,4). The van der Waals surface area contributed by atoms with Crippen molar-refractivity contribution in [3.8, 4) is 5.75 Å². The Morgan fingerprint density at radius 2 is 2.17 bits per heavy atom. The second kappa shape index (κ2) is 6.66. The summed E-state index contributed by atoms with van der Waals surface area (Å²) >= 11 is 0. The Bertz CT molecular complexity index is 516. The predicted molar refractivity (Wildman–Crippen MR) is 67.0 cm³/mol. The summed E-state index contributed by atoms with van der Waals surface area (Å²) in [5.41, 5.74) is 6.34. The Kier molecular flexibility index (Phi) is 5.20. The highest BCUT2D eigenvalue weighted by Crippen LogP contribution is 2.23. The SMILES string of the molecule is CC(=O)[O-].COc1ccc2[nH]cc(CC[NH3+])c2c1. The number of hydrogen-bond acceptors (Lipinski definition) is 3. The lowest BCUT2D eigenvalue weighted by Gasteiger charge is -2.00. The lowest BCUT2D eigenvalue weighted by atomic mass is 10.1. The number of aliphatic carboxylic acids is 1. The van der Waals surface area contributed by atoms with Gasteiger partial charge in [0.2, 0.25) is 0 Å². The van der Waals surface area contributed by atoms with Gasteiger partial charge in [-0.3, -0.25) is 0 Å². The lowest BCUT2D eigenvalue weighted by molar-refractivity contribution is -0.366. The number of nitrogens with one attached hydrogen (secondary N) is 1. The van der Waals surface area contributed by atoms with E-state index >= 15 is 0 Å². The van der Waals surface area contributed by atoms with Gasteiger partial charge >= 0.3 is 0 Å². The minimum Gasteiger partial charge on any atom is -0.550 e. The predicted octanol–water partition coefficient (Wildman–Crippen LogP) is -0.283. The Hall–Kier alpha value is -2.01. The van der Waals surface area contributed by atoms with E-state index in [4.69, 9.17) is 14.6 Å². The maximum atomic E-state index is 8.89. The molecule has 0 unspecified atom stereocenters. The second-order valence-electron chi connectivity index (χ2n) is 3.82. The fourth-order valence-electron chi connectivity index (χ4n) is 1.68. The van der Waals surface area contributed by atoms with E-state index in [2.05, 4.69) is 23.0 Å². The number of methoxy groups -OCH3 is 1. The first-order valence-electron chi connectivity index (χ1n) is 5.69. The highest BCUT2D eigenvalue weighted by molar-refractivity contribution is 5.84. The van der Waals surface area contributed by atoms with Crippen LogP contribution in [0.4, 0.5) is 0 Å². The first-order valence-corrected chi connectivity index (χ1v) is 5.69. The largest absolute Gasteiger partial charge is 0.550 e. The van der Waals surface area contributed by atoms with Gasteiger partial charge < -0.3 is 25.4 Å². The first-order chi connectivity index (χ1) is 8.58. The molecule has 0 fully saturated rings. The molecule has 0 saturated heterocycles. The van der Waals surface area contributed by atoms with Crippen LogP contribution in [0.15, 0.2) is 24.4 Å². The van der Waals surface area contributed by atoms with Crippen molar-refractivity contribution in [2.24, 2.45) is 0 Å². The number of H-pyrrole nitrogens is 1. The van der Waals surface area contributed by atoms with Crippen molar-refractivity contribution in [3.63, 3.8) is 0 Å². The summed E-state index contributed by atoms with van der Waals surface area (Å²) in [6.45, 7) is 1.89. The third-order valence-corrected chi connectivity index (χ3v) is 2.42. The molecule has 0 aliphatic rings. The van der Waals surface area contributed by atoms with Crippen molar-refractivity contribution >= 4 is 16.9 Å². The summed E-state index contributed by atoms with van der Waals surface area (Å²) in [5.74, 6) is -0.178. The number of carbonyl (C=O) groups excluding carboxylic acids is 1. The fourth-order valence-corrected chi connectivity index (χ4v) is 1.68. The zero-order valence-corrected chi connectivity index (χ0v) is 10.7. The van der Waals surface area contributed by atoms with Crippen LogP contribution in [0, 0.1) is 0 Å². The van der Waals surface area contributed by atoms with Crippen LogP contribution in [0.2, 0.25) is 0 Å². The number of carboxylic acids is 1. The molecule has 0 atom stereocenters. The molecule has 1 heterocycles. The normalized spacial score (nSPS) is 9.72. The molecule has 18 heavy (non-hydrogen) atoms. The summed E-state index contributed by atoms with van der Waals surface area (Å²) < 4.78 is 5.20. The van der Waals surface area contributed by atoms with Crippen LogP contribution in [0.5, 0.6) is 5.75 Å². The summed E-state index contributed by atoms with van der Waals surface area (Å²) in [7, 11) is 1.69. The summed E-state index contributed by atoms with van der Waals surface area (Å²) in [5, 5.41) is 10.1. The van der Waals surface area contributed by atoms with Gasteiger partial charge in [0.1, 0.15) is 5.75 Å². The molecule has 5 nitrogen and oxygen atoms in total. The van der Waals surface area contributed by atoms with Crippen LogP contribution >= 0.6 is 0 Å². The van der Waals surface area contributed by atoms with E-state index < -0.39 is 5.97 Å². The monoisotopic (exact) mass is 250 g/mol. The van der Waals surface area contributed by atoms with Crippen molar-refractivity contribution in [3.05, 3.63) is 30.0 Å². The van der Waals surface area contributed by atoms with E-state index in [0.717, 1.165) is 31.2 Å². The molecule has 0 aliphatic carbocycles. The first kappa shape index (κ1) is 14.1. The third-order valence-electron chi connectivity index (χ3n) is 2.42. The zero-order valence-electron chi connectivity index (χ0n) is 10.7. The Labute approximate surface area is 106 Å². The van der Waals surface area contributed by atoms with Crippen LogP contribution in [-0.2, 0) is 11.2 Å². The maximum absolute atomic E-state index is 8.89. The second-order valence-corrected chi connectivity index (χ2v) is 3.82. The smallest absolute Gasteiger partial charge is 0.119 e. The molecule has 5 heteroatoms. The van der Waals surface area contributed by atoms with Crippen LogP contribution < -0.4 is 15.6 Å². The molecular formula is C13H18N2O3. The van der Waals surface area contributed by atoms with Crippen LogP contribution in [-0.4, -0.2) is 24.6 Å². The van der Waals surface area contributed by atoms with Crippen molar-refractivity contribution in [1.82, 2.24) is 4.98 Å². The van der Waals surface area contributed by atoms with Crippen molar-refractivity contribution in [2.75, 3.05) is 13.7 Å². The molecule has 0 spiro atoms. The van der Waals surface area contributed by atoms with Gasteiger partial charge in [0.25, 0.3) is 0 Å². The average Bonchev–Trinajstić information content (AvgIpc) is 2.71. The molecular weight excluding hydrogens is 232 g/mol. The topological polar surface area (TPSA) is 92.8 Å². The number of carboxylic acid groups (broad SMARTS) is 1. The van der Waals surface area contributed by atoms with Crippen molar-refractivity contribution < 1.29 is 20.4 Å². The summed E-state index contributed by atoms with van der Waals surface area (Å²) in [4.78, 5) is 12.1. The number of aromatic nitrogens is 1. The number of benzene rings is 1. The number of rotatable bonds is 3. The van der Waals surface area contributed by atoms with Gasteiger partial charge in [0.15, 0.2) is 0 Å². The summed E-state index contributed by atoms with van der Waals surface area (Å²) in [6.07, 6.45) is 3.06. The molecule has 0 amide bonds. The molecule has 2 aromatic rings. The molecule has 1 aromatic carbocycles. The van der Waals surface area contributed by atoms with E-state index in [1.807, 2.05) is 12.1 Å².